The maximum atomic E-state index is 13.6. The molecule has 21 heavy (non-hydrogen) atoms. The van der Waals surface area contributed by atoms with Gasteiger partial charge in [0.05, 0.1) is 0 Å². The Morgan fingerprint density at radius 3 is 2.81 bits per heavy atom. The predicted molar refractivity (Wildman–Crippen MR) is 79.4 cm³/mol. The first-order chi connectivity index (χ1) is 10.0. The lowest BCUT2D eigenvalue weighted by molar-refractivity contribution is 0.297. The maximum Gasteiger partial charge on any atom is 0.170 e. The van der Waals surface area contributed by atoms with E-state index in [1.165, 1.54) is 18.2 Å². The third kappa shape index (κ3) is 3.64. The molecule has 0 aliphatic carbocycles. The largest absolute Gasteiger partial charge is 0.489 e. The number of rotatable bonds is 4. The fourth-order valence-corrected chi connectivity index (χ4v) is 1.98. The molecule has 6 heteroatoms. The molecule has 0 radical (unpaired) electrons. The van der Waals surface area contributed by atoms with E-state index in [-0.39, 0.29) is 18.3 Å². The summed E-state index contributed by atoms with van der Waals surface area (Å²) in [4.78, 5) is 0. The molecule has 0 unspecified atom stereocenters. The first kappa shape index (κ1) is 15.1. The monoisotopic (exact) mass is 308 g/mol. The number of ether oxygens (including phenoxy) is 1. The molecule has 0 aliphatic heterocycles. The Labute approximate surface area is 126 Å². The van der Waals surface area contributed by atoms with E-state index in [1.54, 1.807) is 18.2 Å². The first-order valence-corrected chi connectivity index (χ1v) is 6.54. The van der Waals surface area contributed by atoms with Gasteiger partial charge >= 0.3 is 0 Å². The summed E-state index contributed by atoms with van der Waals surface area (Å²) in [6.45, 7) is 1.88. The van der Waals surface area contributed by atoms with Gasteiger partial charge in [-0.2, -0.15) is 0 Å². The highest BCUT2D eigenvalue weighted by atomic mass is 35.5. The second-order valence-electron chi connectivity index (χ2n) is 4.49. The van der Waals surface area contributed by atoms with E-state index in [0.717, 1.165) is 5.56 Å². The number of nitrogens with two attached hydrogens (primary N) is 1. The Hall–Kier alpha value is -2.27. The molecule has 2 aromatic rings. The number of halogens is 2. The van der Waals surface area contributed by atoms with Crippen LogP contribution in [-0.2, 0) is 6.61 Å². The highest BCUT2D eigenvalue weighted by Crippen LogP contribution is 2.22. The topological polar surface area (TPSA) is 67.8 Å². The summed E-state index contributed by atoms with van der Waals surface area (Å²) < 4.78 is 19.2. The minimum Gasteiger partial charge on any atom is -0.489 e. The van der Waals surface area contributed by atoms with Gasteiger partial charge in [0, 0.05) is 16.1 Å². The lowest BCUT2D eigenvalue weighted by Crippen LogP contribution is -2.13. The molecule has 0 atom stereocenters. The van der Waals surface area contributed by atoms with Crippen LogP contribution >= 0.6 is 11.6 Å². The van der Waals surface area contributed by atoms with Crippen LogP contribution in [0.15, 0.2) is 41.6 Å². The second kappa shape index (κ2) is 6.45. The van der Waals surface area contributed by atoms with Crippen molar-refractivity contribution in [1.82, 2.24) is 0 Å². The standard InChI is InChI=1S/C15H14ClFN2O2/c1-9-2-3-10(15(18)19-20)7-14(9)21-8-11-6-12(16)4-5-13(11)17/h2-7,20H,8H2,1H3,(H2,18,19). The summed E-state index contributed by atoms with van der Waals surface area (Å²) in [6, 6.07) is 9.39. The van der Waals surface area contributed by atoms with E-state index >= 15 is 0 Å². The lowest BCUT2D eigenvalue weighted by atomic mass is 10.1. The second-order valence-corrected chi connectivity index (χ2v) is 4.93. The zero-order valence-corrected chi connectivity index (χ0v) is 12.1. The van der Waals surface area contributed by atoms with Gasteiger partial charge in [0.25, 0.3) is 0 Å². The molecule has 2 rings (SSSR count). The summed E-state index contributed by atoms with van der Waals surface area (Å²) >= 11 is 5.83. The minimum absolute atomic E-state index is 0.0196. The van der Waals surface area contributed by atoms with Gasteiger partial charge in [-0.3, -0.25) is 0 Å². The maximum absolute atomic E-state index is 13.6. The van der Waals surface area contributed by atoms with Crippen molar-refractivity contribution in [2.24, 2.45) is 10.9 Å². The zero-order valence-electron chi connectivity index (χ0n) is 11.3. The van der Waals surface area contributed by atoms with Crippen molar-refractivity contribution in [2.45, 2.75) is 13.5 Å². The molecule has 0 saturated carbocycles. The fourth-order valence-electron chi connectivity index (χ4n) is 1.78. The average Bonchev–Trinajstić information content (AvgIpc) is 2.48. The van der Waals surface area contributed by atoms with Gasteiger partial charge in [0.15, 0.2) is 5.84 Å². The Balaban J connectivity index is 2.21. The van der Waals surface area contributed by atoms with Crippen molar-refractivity contribution >= 4 is 17.4 Å². The smallest absolute Gasteiger partial charge is 0.170 e. The molecule has 3 N–H and O–H groups in total. The lowest BCUT2D eigenvalue weighted by Gasteiger charge is -2.11. The summed E-state index contributed by atoms with van der Waals surface area (Å²) in [5.74, 6) is 0.122. The van der Waals surface area contributed by atoms with Gasteiger partial charge in [-0.15, -0.1) is 0 Å². The van der Waals surface area contributed by atoms with Gasteiger partial charge < -0.3 is 15.7 Å². The van der Waals surface area contributed by atoms with E-state index < -0.39 is 0 Å². The van der Waals surface area contributed by atoms with Gasteiger partial charge in [0.2, 0.25) is 0 Å². The van der Waals surface area contributed by atoms with Gasteiger partial charge in [-0.1, -0.05) is 28.9 Å². The van der Waals surface area contributed by atoms with Crippen molar-refractivity contribution in [2.75, 3.05) is 0 Å². The number of hydrogen-bond acceptors (Lipinski definition) is 3. The quantitative estimate of drug-likeness (QED) is 0.393. The van der Waals surface area contributed by atoms with Crippen LogP contribution in [0.5, 0.6) is 5.75 Å². The van der Waals surface area contributed by atoms with Crippen LogP contribution in [0.2, 0.25) is 5.02 Å². The summed E-state index contributed by atoms with van der Waals surface area (Å²) in [5, 5.41) is 12.1. The van der Waals surface area contributed by atoms with Crippen LogP contribution < -0.4 is 10.5 Å². The number of benzene rings is 2. The van der Waals surface area contributed by atoms with Crippen molar-refractivity contribution < 1.29 is 14.3 Å². The number of amidine groups is 1. The number of aryl methyl sites for hydroxylation is 1. The van der Waals surface area contributed by atoms with E-state index in [4.69, 9.17) is 27.3 Å². The van der Waals surface area contributed by atoms with Crippen molar-refractivity contribution in [3.05, 3.63) is 63.9 Å². The van der Waals surface area contributed by atoms with Crippen LogP contribution in [0.1, 0.15) is 16.7 Å². The Kier molecular flexibility index (Phi) is 4.65. The molecule has 0 spiro atoms. The third-order valence-electron chi connectivity index (χ3n) is 2.98. The molecule has 0 aliphatic rings. The zero-order chi connectivity index (χ0) is 15.4. The van der Waals surface area contributed by atoms with Crippen LogP contribution in [-0.4, -0.2) is 11.0 Å². The van der Waals surface area contributed by atoms with Gasteiger partial charge in [0.1, 0.15) is 18.2 Å². The van der Waals surface area contributed by atoms with Crippen molar-refractivity contribution in [1.29, 1.82) is 0 Å². The summed E-state index contributed by atoms with van der Waals surface area (Å²) in [6.07, 6.45) is 0. The number of oxime groups is 1. The number of nitrogens with zero attached hydrogens (tertiary/aromatic N) is 1. The van der Waals surface area contributed by atoms with Crippen molar-refractivity contribution in [3.8, 4) is 5.75 Å². The number of hydrogen-bond donors (Lipinski definition) is 2. The van der Waals surface area contributed by atoms with E-state index in [0.29, 0.717) is 21.9 Å². The molecule has 4 nitrogen and oxygen atoms in total. The van der Waals surface area contributed by atoms with Gasteiger partial charge in [-0.05, 0) is 36.8 Å². The van der Waals surface area contributed by atoms with Crippen LogP contribution in [0.25, 0.3) is 0 Å². The van der Waals surface area contributed by atoms with E-state index in [1.807, 2.05) is 6.92 Å². The molecule has 0 amide bonds. The van der Waals surface area contributed by atoms with Crippen LogP contribution in [0.4, 0.5) is 4.39 Å². The first-order valence-electron chi connectivity index (χ1n) is 6.16. The van der Waals surface area contributed by atoms with Crippen LogP contribution in [0.3, 0.4) is 0 Å². The predicted octanol–water partition coefficient (Wildman–Crippen LogP) is 3.46. The summed E-state index contributed by atoms with van der Waals surface area (Å²) in [5.41, 5.74) is 7.26. The Bertz CT molecular complexity index is 689. The van der Waals surface area contributed by atoms with Gasteiger partial charge in [-0.25, -0.2) is 4.39 Å². The molecule has 110 valence electrons. The molecule has 0 aromatic heterocycles. The third-order valence-corrected chi connectivity index (χ3v) is 3.22. The fraction of sp³-hybridized carbons (Fsp3) is 0.133. The average molecular weight is 309 g/mol. The molecule has 0 bridgehead atoms. The molecule has 0 fully saturated rings. The Morgan fingerprint density at radius 1 is 1.33 bits per heavy atom. The highest BCUT2D eigenvalue weighted by molar-refractivity contribution is 6.30. The molecule has 0 saturated heterocycles. The summed E-state index contributed by atoms with van der Waals surface area (Å²) in [7, 11) is 0. The normalized spacial score (nSPS) is 11.5. The van der Waals surface area contributed by atoms with Crippen LogP contribution in [0, 0.1) is 12.7 Å². The molecule has 2 aromatic carbocycles. The minimum atomic E-state index is -0.385. The highest BCUT2D eigenvalue weighted by Gasteiger charge is 2.08. The SMILES string of the molecule is Cc1ccc(/C(N)=N/O)cc1OCc1cc(Cl)ccc1F. The van der Waals surface area contributed by atoms with E-state index in [9.17, 15) is 4.39 Å². The molecular formula is C15H14ClFN2O2. The molecular weight excluding hydrogens is 295 g/mol. The molecule has 0 heterocycles. The van der Waals surface area contributed by atoms with E-state index in [2.05, 4.69) is 5.16 Å². The van der Waals surface area contributed by atoms with Crippen molar-refractivity contribution in [3.63, 3.8) is 0 Å². The Morgan fingerprint density at radius 2 is 2.10 bits per heavy atom.